The molecule has 0 bridgehead atoms. The van der Waals surface area contributed by atoms with E-state index in [0.717, 1.165) is 31.7 Å². The molecule has 2 aromatic carbocycles. The quantitative estimate of drug-likeness (QED) is 0.919. The second-order valence-electron chi connectivity index (χ2n) is 6.38. The zero-order chi connectivity index (χ0) is 16.1. The van der Waals surface area contributed by atoms with Gasteiger partial charge in [0.25, 0.3) is 0 Å². The highest BCUT2D eigenvalue weighted by molar-refractivity contribution is 5.49. The Bertz CT molecular complexity index is 597. The summed E-state index contributed by atoms with van der Waals surface area (Å²) in [4.78, 5) is 2.41. The minimum absolute atomic E-state index is 0.240. The molecular formula is C20H26N2O. The Balaban J connectivity index is 1.67. The van der Waals surface area contributed by atoms with Crippen molar-refractivity contribution in [2.75, 3.05) is 24.6 Å². The molecule has 0 aliphatic carbocycles. The predicted octanol–water partition coefficient (Wildman–Crippen LogP) is 3.48. The van der Waals surface area contributed by atoms with Gasteiger partial charge in [-0.1, -0.05) is 30.3 Å². The number of hydrogen-bond acceptors (Lipinski definition) is 3. The van der Waals surface area contributed by atoms with E-state index < -0.39 is 0 Å². The Morgan fingerprint density at radius 3 is 2.48 bits per heavy atom. The number of anilines is 1. The summed E-state index contributed by atoms with van der Waals surface area (Å²) in [6.07, 6.45) is 2.20. The molecule has 0 aromatic heterocycles. The molecule has 1 saturated heterocycles. The third-order valence-corrected chi connectivity index (χ3v) is 4.45. The lowest BCUT2D eigenvalue weighted by Crippen LogP contribution is -2.47. The van der Waals surface area contributed by atoms with Gasteiger partial charge < -0.3 is 15.4 Å². The van der Waals surface area contributed by atoms with Crippen LogP contribution in [0.25, 0.3) is 0 Å². The number of nitrogens with zero attached hydrogens (tertiary/aromatic N) is 1. The molecule has 2 unspecified atom stereocenters. The largest absolute Gasteiger partial charge is 0.494 e. The Hall–Kier alpha value is -2.00. The van der Waals surface area contributed by atoms with E-state index in [9.17, 15) is 0 Å². The van der Waals surface area contributed by atoms with Crippen molar-refractivity contribution in [3.05, 3.63) is 60.2 Å². The molecule has 1 fully saturated rings. The first-order valence-electron chi connectivity index (χ1n) is 8.52. The van der Waals surface area contributed by atoms with Crippen LogP contribution in [0.2, 0.25) is 0 Å². The molecule has 2 aromatic rings. The Labute approximate surface area is 139 Å². The molecule has 1 aliphatic rings. The van der Waals surface area contributed by atoms with Crippen LogP contribution in [0, 0.1) is 5.92 Å². The molecule has 3 heteroatoms. The van der Waals surface area contributed by atoms with E-state index in [0.29, 0.717) is 12.5 Å². The van der Waals surface area contributed by atoms with Gasteiger partial charge >= 0.3 is 0 Å². The maximum absolute atomic E-state index is 6.32. The van der Waals surface area contributed by atoms with E-state index in [4.69, 9.17) is 10.5 Å². The summed E-state index contributed by atoms with van der Waals surface area (Å²) in [5.74, 6) is 1.53. The number of piperidine rings is 1. The van der Waals surface area contributed by atoms with Gasteiger partial charge in [0.15, 0.2) is 0 Å². The average molecular weight is 310 g/mol. The van der Waals surface area contributed by atoms with Crippen molar-refractivity contribution in [2.45, 2.75) is 25.8 Å². The summed E-state index contributed by atoms with van der Waals surface area (Å²) in [6, 6.07) is 19.3. The van der Waals surface area contributed by atoms with Crippen LogP contribution in [-0.2, 0) is 6.42 Å². The molecule has 0 saturated carbocycles. The standard InChI is InChI=1S/C20H26N2O/c1-2-23-20-10-8-19(9-11-20)22-14-17(13-18(21)15-22)12-16-6-4-3-5-7-16/h3-11,17-18H,2,12-15,21H2,1H3. The number of benzene rings is 2. The summed E-state index contributed by atoms with van der Waals surface area (Å²) >= 11 is 0. The molecule has 0 amide bonds. The molecule has 2 atom stereocenters. The van der Waals surface area contributed by atoms with E-state index in [1.165, 1.54) is 11.3 Å². The van der Waals surface area contributed by atoms with Gasteiger partial charge in [0.1, 0.15) is 5.75 Å². The fourth-order valence-electron chi connectivity index (χ4n) is 3.47. The van der Waals surface area contributed by atoms with E-state index in [1.807, 2.05) is 19.1 Å². The number of hydrogen-bond donors (Lipinski definition) is 1. The van der Waals surface area contributed by atoms with Crippen molar-refractivity contribution < 1.29 is 4.74 Å². The number of rotatable bonds is 5. The smallest absolute Gasteiger partial charge is 0.119 e. The third-order valence-electron chi connectivity index (χ3n) is 4.45. The SMILES string of the molecule is CCOc1ccc(N2CC(N)CC(Cc3ccccc3)C2)cc1. The lowest BCUT2D eigenvalue weighted by atomic mass is 9.89. The fourth-order valence-corrected chi connectivity index (χ4v) is 3.47. The first-order valence-corrected chi connectivity index (χ1v) is 8.52. The Morgan fingerprint density at radius 1 is 1.04 bits per heavy atom. The lowest BCUT2D eigenvalue weighted by molar-refractivity contribution is 0.340. The molecule has 1 aliphatic heterocycles. The maximum Gasteiger partial charge on any atom is 0.119 e. The number of nitrogens with two attached hydrogens (primary N) is 1. The topological polar surface area (TPSA) is 38.5 Å². The van der Waals surface area contributed by atoms with Crippen LogP contribution in [0.15, 0.2) is 54.6 Å². The fraction of sp³-hybridized carbons (Fsp3) is 0.400. The van der Waals surface area contributed by atoms with Crippen LogP contribution < -0.4 is 15.4 Å². The van der Waals surface area contributed by atoms with Gasteiger partial charge in [0.05, 0.1) is 6.61 Å². The second-order valence-corrected chi connectivity index (χ2v) is 6.38. The molecule has 3 nitrogen and oxygen atoms in total. The molecule has 3 rings (SSSR count). The molecule has 122 valence electrons. The van der Waals surface area contributed by atoms with E-state index in [2.05, 4.69) is 47.4 Å². The van der Waals surface area contributed by atoms with Crippen molar-refractivity contribution in [1.82, 2.24) is 0 Å². The van der Waals surface area contributed by atoms with Gasteiger partial charge in [0.2, 0.25) is 0 Å². The highest BCUT2D eigenvalue weighted by Gasteiger charge is 2.25. The van der Waals surface area contributed by atoms with Gasteiger partial charge in [-0.25, -0.2) is 0 Å². The van der Waals surface area contributed by atoms with Crippen LogP contribution in [0.1, 0.15) is 18.9 Å². The van der Waals surface area contributed by atoms with Gasteiger partial charge in [-0.15, -0.1) is 0 Å². The maximum atomic E-state index is 6.32. The minimum atomic E-state index is 0.240. The van der Waals surface area contributed by atoms with Gasteiger partial charge in [-0.2, -0.15) is 0 Å². The molecular weight excluding hydrogens is 284 g/mol. The van der Waals surface area contributed by atoms with Gasteiger partial charge in [0, 0.05) is 24.8 Å². The van der Waals surface area contributed by atoms with Crippen molar-refractivity contribution in [2.24, 2.45) is 11.7 Å². The zero-order valence-electron chi connectivity index (χ0n) is 13.8. The first-order chi connectivity index (χ1) is 11.2. The van der Waals surface area contributed by atoms with E-state index in [1.54, 1.807) is 0 Å². The Morgan fingerprint density at radius 2 is 1.78 bits per heavy atom. The summed E-state index contributed by atoms with van der Waals surface area (Å²) in [5.41, 5.74) is 8.96. The molecule has 0 radical (unpaired) electrons. The van der Waals surface area contributed by atoms with Crippen molar-refractivity contribution in [3.63, 3.8) is 0 Å². The molecule has 2 N–H and O–H groups in total. The van der Waals surface area contributed by atoms with Gasteiger partial charge in [-0.05, 0) is 55.5 Å². The minimum Gasteiger partial charge on any atom is -0.494 e. The van der Waals surface area contributed by atoms with Crippen molar-refractivity contribution >= 4 is 5.69 Å². The Kier molecular flexibility index (Phi) is 5.19. The molecule has 1 heterocycles. The average Bonchev–Trinajstić information content (AvgIpc) is 2.56. The van der Waals surface area contributed by atoms with Crippen molar-refractivity contribution in [1.29, 1.82) is 0 Å². The zero-order valence-corrected chi connectivity index (χ0v) is 13.8. The summed E-state index contributed by atoms with van der Waals surface area (Å²) in [7, 11) is 0. The predicted molar refractivity (Wildman–Crippen MR) is 96.1 cm³/mol. The third kappa shape index (κ3) is 4.26. The summed E-state index contributed by atoms with van der Waals surface area (Å²) < 4.78 is 5.53. The highest BCUT2D eigenvalue weighted by atomic mass is 16.5. The van der Waals surface area contributed by atoms with Crippen LogP contribution >= 0.6 is 0 Å². The van der Waals surface area contributed by atoms with E-state index in [-0.39, 0.29) is 6.04 Å². The summed E-state index contributed by atoms with van der Waals surface area (Å²) in [5, 5.41) is 0. The first kappa shape index (κ1) is 15.9. The van der Waals surface area contributed by atoms with Crippen LogP contribution in [0.4, 0.5) is 5.69 Å². The normalized spacial score (nSPS) is 21.2. The van der Waals surface area contributed by atoms with Crippen LogP contribution in [0.5, 0.6) is 5.75 Å². The molecule has 23 heavy (non-hydrogen) atoms. The second kappa shape index (κ2) is 7.51. The van der Waals surface area contributed by atoms with Crippen LogP contribution in [0.3, 0.4) is 0 Å². The number of ether oxygens (including phenoxy) is 1. The lowest BCUT2D eigenvalue weighted by Gasteiger charge is -2.38. The summed E-state index contributed by atoms with van der Waals surface area (Å²) in [6.45, 7) is 4.70. The monoisotopic (exact) mass is 310 g/mol. The van der Waals surface area contributed by atoms with Gasteiger partial charge in [-0.3, -0.25) is 0 Å². The molecule has 0 spiro atoms. The highest BCUT2D eigenvalue weighted by Crippen LogP contribution is 2.26. The van der Waals surface area contributed by atoms with E-state index >= 15 is 0 Å². The van der Waals surface area contributed by atoms with Crippen molar-refractivity contribution in [3.8, 4) is 5.75 Å². The van der Waals surface area contributed by atoms with Crippen LogP contribution in [-0.4, -0.2) is 25.7 Å².